The summed E-state index contributed by atoms with van der Waals surface area (Å²) in [6.07, 6.45) is 2.80. The number of hydrogen-bond acceptors (Lipinski definition) is 7. The standard InChI is InChI=1S/C22H25NO5S2/c1-3-27-22(26)19-16-11-7-8-12-17(16)30-21(19)23-20(25)14(2)28-18(24)13-29-15-9-5-4-6-10-15/h4-6,9-10,14H,3,7-8,11-13H2,1-2H3,(H,23,25). The number of rotatable bonds is 8. The van der Waals surface area contributed by atoms with Crippen molar-refractivity contribution in [3.05, 3.63) is 46.3 Å². The molecule has 2 aromatic rings. The van der Waals surface area contributed by atoms with Gasteiger partial charge in [-0.2, -0.15) is 0 Å². The Morgan fingerprint density at radius 1 is 1.17 bits per heavy atom. The molecular formula is C22H25NO5S2. The first-order chi connectivity index (χ1) is 14.5. The molecule has 0 aliphatic heterocycles. The number of carbonyl (C=O) groups excluding carboxylic acids is 3. The molecule has 1 aromatic carbocycles. The van der Waals surface area contributed by atoms with Crippen LogP contribution >= 0.6 is 23.1 Å². The fraction of sp³-hybridized carbons (Fsp3) is 0.409. The van der Waals surface area contributed by atoms with Gasteiger partial charge in [-0.3, -0.25) is 9.59 Å². The predicted molar refractivity (Wildman–Crippen MR) is 118 cm³/mol. The van der Waals surface area contributed by atoms with Crippen molar-refractivity contribution < 1.29 is 23.9 Å². The Labute approximate surface area is 184 Å². The number of thioether (sulfide) groups is 1. The Bertz CT molecular complexity index is 910. The second-order valence-corrected chi connectivity index (χ2v) is 9.01. The third-order valence-corrected chi connectivity index (χ3v) is 6.86. The predicted octanol–water partition coefficient (Wildman–Crippen LogP) is 4.47. The second kappa shape index (κ2) is 10.6. The summed E-state index contributed by atoms with van der Waals surface area (Å²) >= 11 is 2.76. The van der Waals surface area contributed by atoms with E-state index in [0.717, 1.165) is 41.0 Å². The molecule has 1 unspecified atom stereocenters. The van der Waals surface area contributed by atoms with Gasteiger partial charge in [0.15, 0.2) is 6.10 Å². The highest BCUT2D eigenvalue weighted by molar-refractivity contribution is 8.00. The second-order valence-electron chi connectivity index (χ2n) is 6.86. The molecule has 0 saturated heterocycles. The van der Waals surface area contributed by atoms with Crippen LogP contribution in [0.1, 0.15) is 47.5 Å². The number of hydrogen-bond donors (Lipinski definition) is 1. The average molecular weight is 448 g/mol. The Balaban J connectivity index is 1.62. The molecule has 1 aromatic heterocycles. The van der Waals surface area contributed by atoms with Crippen molar-refractivity contribution in [1.29, 1.82) is 0 Å². The minimum absolute atomic E-state index is 0.114. The van der Waals surface area contributed by atoms with Gasteiger partial charge in [0.1, 0.15) is 5.00 Å². The lowest BCUT2D eigenvalue weighted by Crippen LogP contribution is -2.30. The molecule has 6 nitrogen and oxygen atoms in total. The maximum atomic E-state index is 12.6. The third-order valence-electron chi connectivity index (χ3n) is 4.66. The number of thiophene rings is 1. The van der Waals surface area contributed by atoms with E-state index in [1.807, 2.05) is 30.3 Å². The van der Waals surface area contributed by atoms with Crippen molar-refractivity contribution in [2.24, 2.45) is 0 Å². The molecule has 1 atom stereocenters. The maximum Gasteiger partial charge on any atom is 0.341 e. The molecule has 1 N–H and O–H groups in total. The number of amides is 1. The number of benzene rings is 1. The summed E-state index contributed by atoms with van der Waals surface area (Å²) in [5.74, 6) is -1.24. The van der Waals surface area contributed by atoms with Crippen LogP contribution in [0.3, 0.4) is 0 Å². The Morgan fingerprint density at radius 3 is 2.63 bits per heavy atom. The van der Waals surface area contributed by atoms with Gasteiger partial charge in [-0.05, 0) is 57.2 Å². The van der Waals surface area contributed by atoms with Crippen molar-refractivity contribution in [2.75, 3.05) is 17.7 Å². The first-order valence-corrected chi connectivity index (χ1v) is 11.8. The molecule has 30 heavy (non-hydrogen) atoms. The van der Waals surface area contributed by atoms with E-state index >= 15 is 0 Å². The van der Waals surface area contributed by atoms with E-state index in [1.165, 1.54) is 30.0 Å². The van der Waals surface area contributed by atoms with Crippen molar-refractivity contribution in [3.63, 3.8) is 0 Å². The van der Waals surface area contributed by atoms with Gasteiger partial charge in [0.05, 0.1) is 17.9 Å². The first-order valence-electron chi connectivity index (χ1n) is 9.99. The van der Waals surface area contributed by atoms with Gasteiger partial charge in [0, 0.05) is 9.77 Å². The number of aryl methyl sites for hydroxylation is 1. The highest BCUT2D eigenvalue weighted by atomic mass is 32.2. The van der Waals surface area contributed by atoms with Gasteiger partial charge >= 0.3 is 11.9 Å². The number of nitrogens with one attached hydrogen (secondary N) is 1. The summed E-state index contributed by atoms with van der Waals surface area (Å²) in [6.45, 7) is 3.55. The molecule has 0 bridgehead atoms. The summed E-state index contributed by atoms with van der Waals surface area (Å²) in [5.41, 5.74) is 1.42. The number of ether oxygens (including phenoxy) is 2. The first kappa shape index (κ1) is 22.4. The van der Waals surface area contributed by atoms with Crippen LogP contribution in [0.5, 0.6) is 0 Å². The van der Waals surface area contributed by atoms with Crippen LogP contribution in [0.15, 0.2) is 35.2 Å². The fourth-order valence-electron chi connectivity index (χ4n) is 3.23. The number of fused-ring (bicyclic) bond motifs is 1. The Hall–Kier alpha value is -2.32. The Morgan fingerprint density at radius 2 is 1.90 bits per heavy atom. The largest absolute Gasteiger partial charge is 0.462 e. The van der Waals surface area contributed by atoms with E-state index in [-0.39, 0.29) is 12.4 Å². The zero-order valence-electron chi connectivity index (χ0n) is 17.1. The van der Waals surface area contributed by atoms with E-state index in [0.29, 0.717) is 10.6 Å². The SMILES string of the molecule is CCOC(=O)c1c(NC(=O)C(C)OC(=O)CSc2ccccc2)sc2c1CCCC2. The van der Waals surface area contributed by atoms with Crippen LogP contribution in [0.25, 0.3) is 0 Å². The molecule has 0 fully saturated rings. The number of anilines is 1. The summed E-state index contributed by atoms with van der Waals surface area (Å²) in [7, 11) is 0. The molecular weight excluding hydrogens is 422 g/mol. The lowest BCUT2D eigenvalue weighted by Gasteiger charge is -2.14. The van der Waals surface area contributed by atoms with Crippen LogP contribution in [-0.2, 0) is 31.9 Å². The lowest BCUT2D eigenvalue weighted by atomic mass is 9.95. The molecule has 0 spiro atoms. The van der Waals surface area contributed by atoms with Gasteiger partial charge in [-0.15, -0.1) is 23.1 Å². The Kier molecular flexibility index (Phi) is 7.93. The van der Waals surface area contributed by atoms with Gasteiger partial charge in [-0.25, -0.2) is 4.79 Å². The van der Waals surface area contributed by atoms with Crippen molar-refractivity contribution in [2.45, 2.75) is 50.5 Å². The quantitative estimate of drug-likeness (QED) is 0.475. The monoisotopic (exact) mass is 447 g/mol. The normalized spacial score (nSPS) is 13.8. The average Bonchev–Trinajstić information content (AvgIpc) is 3.11. The summed E-state index contributed by atoms with van der Waals surface area (Å²) < 4.78 is 10.5. The fourth-order valence-corrected chi connectivity index (χ4v) is 5.21. The summed E-state index contributed by atoms with van der Waals surface area (Å²) in [5, 5.41) is 3.26. The molecule has 3 rings (SSSR count). The van der Waals surface area contributed by atoms with E-state index in [2.05, 4.69) is 5.32 Å². The van der Waals surface area contributed by atoms with E-state index < -0.39 is 23.9 Å². The van der Waals surface area contributed by atoms with Crippen LogP contribution < -0.4 is 5.32 Å². The van der Waals surface area contributed by atoms with Crippen LogP contribution in [-0.4, -0.2) is 36.3 Å². The van der Waals surface area contributed by atoms with E-state index in [9.17, 15) is 14.4 Å². The minimum Gasteiger partial charge on any atom is -0.462 e. The summed E-state index contributed by atoms with van der Waals surface area (Å²) in [4.78, 5) is 39.3. The van der Waals surface area contributed by atoms with Gasteiger partial charge in [0.25, 0.3) is 5.91 Å². The summed E-state index contributed by atoms with van der Waals surface area (Å²) in [6, 6.07) is 9.51. The molecule has 0 radical (unpaired) electrons. The van der Waals surface area contributed by atoms with Crippen molar-refractivity contribution in [3.8, 4) is 0 Å². The van der Waals surface area contributed by atoms with Crippen LogP contribution in [0.2, 0.25) is 0 Å². The third kappa shape index (κ3) is 5.64. The van der Waals surface area contributed by atoms with Crippen LogP contribution in [0.4, 0.5) is 5.00 Å². The smallest absolute Gasteiger partial charge is 0.341 e. The van der Waals surface area contributed by atoms with Crippen LogP contribution in [0, 0.1) is 0 Å². The molecule has 0 saturated carbocycles. The van der Waals surface area contributed by atoms with Gasteiger partial charge in [0.2, 0.25) is 0 Å². The molecule has 1 heterocycles. The molecule has 160 valence electrons. The number of esters is 2. The van der Waals surface area contributed by atoms with E-state index in [1.54, 1.807) is 6.92 Å². The molecule has 1 aliphatic carbocycles. The van der Waals surface area contributed by atoms with Gasteiger partial charge in [-0.1, -0.05) is 18.2 Å². The van der Waals surface area contributed by atoms with E-state index in [4.69, 9.17) is 9.47 Å². The minimum atomic E-state index is -0.969. The highest BCUT2D eigenvalue weighted by Gasteiger charge is 2.28. The van der Waals surface area contributed by atoms with Crippen molar-refractivity contribution >= 4 is 45.9 Å². The lowest BCUT2D eigenvalue weighted by molar-refractivity contribution is -0.150. The number of carbonyl (C=O) groups is 3. The maximum absolute atomic E-state index is 12.6. The topological polar surface area (TPSA) is 81.7 Å². The molecule has 8 heteroatoms. The zero-order chi connectivity index (χ0) is 21.5. The zero-order valence-corrected chi connectivity index (χ0v) is 18.7. The van der Waals surface area contributed by atoms with Crippen molar-refractivity contribution in [1.82, 2.24) is 0 Å². The molecule has 1 aliphatic rings. The van der Waals surface area contributed by atoms with Gasteiger partial charge < -0.3 is 14.8 Å². The molecule has 1 amide bonds. The highest BCUT2D eigenvalue weighted by Crippen LogP contribution is 2.38.